The number of benzene rings is 1. The summed E-state index contributed by atoms with van der Waals surface area (Å²) in [6.45, 7) is 2.20. The number of ether oxygens (including phenoxy) is 1. The van der Waals surface area contributed by atoms with Gasteiger partial charge in [-0.05, 0) is 30.5 Å². The summed E-state index contributed by atoms with van der Waals surface area (Å²) < 4.78 is 19.8. The first-order valence-electron chi connectivity index (χ1n) is 8.39. The van der Waals surface area contributed by atoms with Crippen LogP contribution in [0, 0.1) is 5.82 Å². The molecule has 0 amide bonds. The molecule has 3 heterocycles. The maximum atomic E-state index is 13.6. The normalized spacial score (nSPS) is 11.4. The highest BCUT2D eigenvalue weighted by Crippen LogP contribution is 2.47. The highest BCUT2D eigenvalue weighted by atomic mass is 32.1. The van der Waals surface area contributed by atoms with E-state index in [4.69, 9.17) is 4.74 Å². The molecule has 4 aromatic rings. The first-order valence-corrected chi connectivity index (χ1v) is 10.1. The minimum atomic E-state index is -0.405. The van der Waals surface area contributed by atoms with E-state index in [9.17, 15) is 9.50 Å². The van der Waals surface area contributed by atoms with Gasteiger partial charge >= 0.3 is 0 Å². The van der Waals surface area contributed by atoms with E-state index in [1.807, 2.05) is 24.4 Å². The van der Waals surface area contributed by atoms with E-state index in [0.29, 0.717) is 38.8 Å². The van der Waals surface area contributed by atoms with Crippen molar-refractivity contribution in [1.29, 1.82) is 0 Å². The number of thiophene rings is 2. The van der Waals surface area contributed by atoms with Gasteiger partial charge in [-0.2, -0.15) is 5.10 Å². The highest BCUT2D eigenvalue weighted by Gasteiger charge is 2.20. The molecule has 6 nitrogen and oxygen atoms in total. The van der Waals surface area contributed by atoms with E-state index in [2.05, 4.69) is 20.5 Å². The molecule has 0 saturated heterocycles. The van der Waals surface area contributed by atoms with Gasteiger partial charge < -0.3 is 9.84 Å². The third-order valence-electron chi connectivity index (χ3n) is 3.84. The number of fused-ring (bicyclic) bond motifs is 1. The minimum Gasteiger partial charge on any atom is -0.504 e. The van der Waals surface area contributed by atoms with Crippen LogP contribution in [-0.2, 0) is 0 Å². The third-order valence-corrected chi connectivity index (χ3v) is 5.86. The second-order valence-electron chi connectivity index (χ2n) is 5.64. The van der Waals surface area contributed by atoms with E-state index in [1.54, 1.807) is 23.6 Å². The molecular weight excluding hydrogens is 399 g/mol. The number of nitrogens with one attached hydrogen (secondary N) is 1. The van der Waals surface area contributed by atoms with Crippen LogP contribution in [-0.4, -0.2) is 27.9 Å². The molecule has 0 aliphatic rings. The van der Waals surface area contributed by atoms with Crippen LogP contribution in [0.5, 0.6) is 11.5 Å². The number of halogens is 1. The Hall–Kier alpha value is -3.04. The average Bonchev–Trinajstić information content (AvgIpc) is 3.31. The van der Waals surface area contributed by atoms with Gasteiger partial charge in [-0.3, -0.25) is 5.43 Å². The van der Waals surface area contributed by atoms with Crippen LogP contribution in [0.25, 0.3) is 20.7 Å². The van der Waals surface area contributed by atoms with E-state index >= 15 is 0 Å². The first-order chi connectivity index (χ1) is 13.7. The zero-order valence-corrected chi connectivity index (χ0v) is 16.4. The average molecular weight is 414 g/mol. The van der Waals surface area contributed by atoms with Crippen LogP contribution in [0.1, 0.15) is 11.8 Å². The number of aromatic nitrogens is 2. The molecule has 0 aliphatic carbocycles. The number of rotatable bonds is 6. The molecule has 0 aliphatic heterocycles. The molecular formula is C19H15FN4O2S2. The van der Waals surface area contributed by atoms with Crippen molar-refractivity contribution in [2.45, 2.75) is 6.92 Å². The summed E-state index contributed by atoms with van der Waals surface area (Å²) in [5, 5.41) is 16.9. The van der Waals surface area contributed by atoms with Gasteiger partial charge in [0.1, 0.15) is 28.1 Å². The second kappa shape index (κ2) is 7.91. The van der Waals surface area contributed by atoms with Gasteiger partial charge in [0.15, 0.2) is 11.6 Å². The van der Waals surface area contributed by atoms with Crippen LogP contribution in [0.15, 0.2) is 47.1 Å². The molecule has 0 saturated carbocycles. The smallest absolute Gasteiger partial charge is 0.167 e. The molecule has 28 heavy (non-hydrogen) atoms. The van der Waals surface area contributed by atoms with Crippen molar-refractivity contribution in [3.63, 3.8) is 0 Å². The number of nitrogens with zero attached hydrogens (tertiary/aromatic N) is 3. The fourth-order valence-corrected chi connectivity index (χ4v) is 4.34. The van der Waals surface area contributed by atoms with Crippen LogP contribution >= 0.6 is 22.7 Å². The van der Waals surface area contributed by atoms with Crippen molar-refractivity contribution in [1.82, 2.24) is 9.97 Å². The quantitative estimate of drug-likeness (QED) is 0.339. The Bertz CT molecular complexity index is 1140. The number of hydrogen-bond acceptors (Lipinski definition) is 8. The maximum Gasteiger partial charge on any atom is 0.167 e. The summed E-state index contributed by atoms with van der Waals surface area (Å²) in [6.07, 6.45) is 3.05. The van der Waals surface area contributed by atoms with Crippen molar-refractivity contribution in [2.24, 2.45) is 5.10 Å². The van der Waals surface area contributed by atoms with Gasteiger partial charge in [0.2, 0.25) is 0 Å². The third kappa shape index (κ3) is 3.54. The Labute approximate surface area is 168 Å². The van der Waals surface area contributed by atoms with E-state index < -0.39 is 5.82 Å². The lowest BCUT2D eigenvalue weighted by Crippen LogP contribution is -1.94. The van der Waals surface area contributed by atoms with E-state index in [1.165, 1.54) is 29.8 Å². The minimum absolute atomic E-state index is 0.000229. The fraction of sp³-hybridized carbons (Fsp3) is 0.105. The summed E-state index contributed by atoms with van der Waals surface area (Å²) >= 11 is 2.86. The molecule has 1 aromatic carbocycles. The van der Waals surface area contributed by atoms with Crippen LogP contribution in [0.3, 0.4) is 0 Å². The number of hydrogen-bond donors (Lipinski definition) is 2. The van der Waals surface area contributed by atoms with Crippen molar-refractivity contribution in [2.75, 3.05) is 12.0 Å². The van der Waals surface area contributed by atoms with Crippen LogP contribution in [0.4, 0.5) is 10.2 Å². The Kier molecular flexibility index (Phi) is 5.18. The Morgan fingerprint density at radius 1 is 1.32 bits per heavy atom. The van der Waals surface area contributed by atoms with E-state index in [-0.39, 0.29) is 5.75 Å². The summed E-state index contributed by atoms with van der Waals surface area (Å²) in [5.74, 6) is 0.435. The van der Waals surface area contributed by atoms with Crippen molar-refractivity contribution >= 4 is 44.9 Å². The predicted octanol–water partition coefficient (Wildman–Crippen LogP) is 5.11. The lowest BCUT2D eigenvalue weighted by atomic mass is 10.1. The summed E-state index contributed by atoms with van der Waals surface area (Å²) in [7, 11) is 0. The van der Waals surface area contributed by atoms with Gasteiger partial charge in [0.05, 0.1) is 17.7 Å². The van der Waals surface area contributed by atoms with Crippen LogP contribution in [0.2, 0.25) is 0 Å². The molecule has 0 spiro atoms. The first kappa shape index (κ1) is 18.3. The zero-order valence-electron chi connectivity index (χ0n) is 14.7. The molecule has 0 bridgehead atoms. The molecule has 9 heteroatoms. The molecule has 0 radical (unpaired) electrons. The summed E-state index contributed by atoms with van der Waals surface area (Å²) in [6, 6.07) is 8.11. The Balaban J connectivity index is 1.75. The molecule has 4 rings (SSSR count). The number of aromatic hydroxyl groups is 1. The predicted molar refractivity (Wildman–Crippen MR) is 111 cm³/mol. The van der Waals surface area contributed by atoms with Crippen molar-refractivity contribution in [3.8, 4) is 21.9 Å². The monoisotopic (exact) mass is 414 g/mol. The second-order valence-corrected chi connectivity index (χ2v) is 7.64. The molecule has 2 N–H and O–H groups in total. The fourth-order valence-electron chi connectivity index (χ4n) is 2.64. The molecule has 3 aromatic heterocycles. The standard InChI is InChI=1S/C19H15FN4O2S2/c1-2-26-14-8-11(20)5-6-13(14)17-16(25)15-18(28-17)19(22-10-21-15)24-23-9-12-4-3-7-27-12/h3-10,25H,2H2,1H3,(H,21,22,24). The van der Waals surface area contributed by atoms with Crippen molar-refractivity contribution in [3.05, 3.63) is 52.7 Å². The molecule has 0 atom stereocenters. The van der Waals surface area contributed by atoms with Crippen LogP contribution < -0.4 is 10.2 Å². The van der Waals surface area contributed by atoms with Gasteiger partial charge in [-0.15, -0.1) is 22.7 Å². The van der Waals surface area contributed by atoms with Crippen molar-refractivity contribution < 1.29 is 14.2 Å². The van der Waals surface area contributed by atoms with Gasteiger partial charge in [0.25, 0.3) is 0 Å². The van der Waals surface area contributed by atoms with Gasteiger partial charge in [-0.25, -0.2) is 14.4 Å². The van der Waals surface area contributed by atoms with E-state index in [0.717, 1.165) is 4.88 Å². The summed E-state index contributed by atoms with van der Waals surface area (Å²) in [5.41, 5.74) is 3.89. The summed E-state index contributed by atoms with van der Waals surface area (Å²) in [4.78, 5) is 9.94. The Morgan fingerprint density at radius 2 is 2.21 bits per heavy atom. The molecule has 0 unspecified atom stereocenters. The van der Waals surface area contributed by atoms with Gasteiger partial charge in [-0.1, -0.05) is 6.07 Å². The lowest BCUT2D eigenvalue weighted by Gasteiger charge is -2.09. The Morgan fingerprint density at radius 3 is 3.00 bits per heavy atom. The SMILES string of the molecule is CCOc1cc(F)ccc1-c1sc2c(NN=Cc3cccs3)ncnc2c1O. The maximum absolute atomic E-state index is 13.6. The highest BCUT2D eigenvalue weighted by molar-refractivity contribution is 7.23. The molecule has 0 fully saturated rings. The largest absolute Gasteiger partial charge is 0.504 e. The lowest BCUT2D eigenvalue weighted by molar-refractivity contribution is 0.339. The zero-order chi connectivity index (χ0) is 19.5. The number of anilines is 1. The molecule has 142 valence electrons. The topological polar surface area (TPSA) is 79.6 Å². The number of hydrazone groups is 1. The van der Waals surface area contributed by atoms with Gasteiger partial charge in [0, 0.05) is 16.5 Å².